The van der Waals surface area contributed by atoms with E-state index >= 15 is 0 Å². The van der Waals surface area contributed by atoms with Crippen LogP contribution in [0.25, 0.3) is 114 Å². The van der Waals surface area contributed by atoms with E-state index in [2.05, 4.69) is 228 Å². The van der Waals surface area contributed by atoms with E-state index in [9.17, 15) is 0 Å². The van der Waals surface area contributed by atoms with E-state index in [0.29, 0.717) is 0 Å². The van der Waals surface area contributed by atoms with Crippen LogP contribution in [0.1, 0.15) is 18.4 Å². The van der Waals surface area contributed by atoms with Gasteiger partial charge in [-0.1, -0.05) is 158 Å². The van der Waals surface area contributed by atoms with Crippen LogP contribution in [0.3, 0.4) is 0 Å². The zero-order valence-corrected chi connectivity index (χ0v) is 35.3. The summed E-state index contributed by atoms with van der Waals surface area (Å²) in [5.74, 6) is 0. The molecule has 0 spiro atoms. The van der Waals surface area contributed by atoms with Crippen LogP contribution >= 0.6 is 11.3 Å². The van der Waals surface area contributed by atoms with Crippen molar-refractivity contribution < 1.29 is 0 Å². The molecule has 1 aliphatic carbocycles. The van der Waals surface area contributed by atoms with Gasteiger partial charge in [0.05, 0.1) is 22.1 Å². The topological polar surface area (TPSA) is 9.86 Å². The minimum atomic E-state index is 1.07. The molecule has 3 heteroatoms. The Hall–Kier alpha value is -7.72. The van der Waals surface area contributed by atoms with Crippen molar-refractivity contribution in [2.24, 2.45) is 0 Å². The van der Waals surface area contributed by atoms with E-state index in [4.69, 9.17) is 0 Å². The molecule has 0 aliphatic heterocycles. The summed E-state index contributed by atoms with van der Waals surface area (Å²) < 4.78 is 7.65. The van der Waals surface area contributed by atoms with Gasteiger partial charge in [-0.2, -0.15) is 0 Å². The Morgan fingerprint density at radius 3 is 1.22 bits per heavy atom. The quantitative estimate of drug-likeness (QED) is 0.158. The van der Waals surface area contributed by atoms with Gasteiger partial charge in [0.1, 0.15) is 0 Å². The van der Waals surface area contributed by atoms with Crippen molar-refractivity contribution in [3.8, 4) is 44.8 Å². The molecule has 296 valence electrons. The Morgan fingerprint density at radius 1 is 0.333 bits per heavy atom. The molecule has 0 fully saturated rings. The Labute approximate surface area is 369 Å². The first-order valence-corrected chi connectivity index (χ1v) is 22.7. The molecule has 0 unspecified atom stereocenters. The van der Waals surface area contributed by atoms with Gasteiger partial charge in [-0.3, -0.25) is 0 Å². The molecule has 2 nitrogen and oxygen atoms in total. The summed E-state index contributed by atoms with van der Waals surface area (Å²) in [5, 5.41) is 7.77. The highest BCUT2D eigenvalue weighted by Gasteiger charge is 2.22. The molecule has 63 heavy (non-hydrogen) atoms. The molecule has 13 rings (SSSR count). The first-order valence-electron chi connectivity index (χ1n) is 21.9. The van der Waals surface area contributed by atoms with Crippen molar-refractivity contribution in [1.82, 2.24) is 9.13 Å². The zero-order valence-electron chi connectivity index (χ0n) is 34.5. The largest absolute Gasteiger partial charge is 0.309 e. The normalized spacial score (nSPS) is 13.0. The lowest BCUT2D eigenvalue weighted by molar-refractivity contribution is 1.04. The van der Waals surface area contributed by atoms with Gasteiger partial charge in [0, 0.05) is 53.1 Å². The Kier molecular flexibility index (Phi) is 8.25. The summed E-state index contributed by atoms with van der Waals surface area (Å²) in [6.45, 7) is 0. The predicted molar refractivity (Wildman–Crippen MR) is 271 cm³/mol. The van der Waals surface area contributed by atoms with Crippen molar-refractivity contribution in [2.75, 3.05) is 0 Å². The van der Waals surface area contributed by atoms with E-state index in [1.54, 1.807) is 0 Å². The minimum Gasteiger partial charge on any atom is -0.309 e. The molecule has 3 aromatic heterocycles. The molecular weight excluding hydrogens is 781 g/mol. The minimum absolute atomic E-state index is 1.07. The molecule has 0 saturated carbocycles. The third-order valence-electron chi connectivity index (χ3n) is 13.1. The average molecular weight is 821 g/mol. The van der Waals surface area contributed by atoms with Gasteiger partial charge in [-0.15, -0.1) is 11.3 Å². The van der Waals surface area contributed by atoms with Gasteiger partial charge in [0.2, 0.25) is 0 Å². The molecule has 0 saturated heterocycles. The number of hydrogen-bond donors (Lipinski definition) is 0. The Morgan fingerprint density at radius 2 is 0.762 bits per heavy atom. The lowest BCUT2D eigenvalue weighted by Crippen LogP contribution is -1.97. The average Bonchev–Trinajstić information content (AvgIpc) is 4.02. The number of allylic oxidation sites excluding steroid dienone is 4. The van der Waals surface area contributed by atoms with Crippen molar-refractivity contribution >= 4 is 80.7 Å². The van der Waals surface area contributed by atoms with Gasteiger partial charge in [-0.25, -0.2) is 0 Å². The number of thiophene rings is 1. The maximum absolute atomic E-state index is 2.50. The fourth-order valence-corrected chi connectivity index (χ4v) is 11.6. The molecule has 1 aliphatic rings. The van der Waals surface area contributed by atoms with Crippen LogP contribution in [0.4, 0.5) is 0 Å². The van der Waals surface area contributed by atoms with Crippen LogP contribution in [0.15, 0.2) is 218 Å². The second-order valence-corrected chi connectivity index (χ2v) is 17.8. The molecule has 0 atom stereocenters. The highest BCUT2D eigenvalue weighted by atomic mass is 32.1. The van der Waals surface area contributed by atoms with Gasteiger partial charge < -0.3 is 9.13 Å². The smallest absolute Gasteiger partial charge is 0.0555 e. The molecule has 0 N–H and O–H groups in total. The SMILES string of the molecule is C1=CC(c2cc(-c3ccccc3)cc(-n3c4ccccc4c4c5sc6c(ccc7c6c6ccccc6n7-c6cc(-c7ccccc7)cc(-c7ccccc7)c6)c5ccc43)c2)=CCC1. The van der Waals surface area contributed by atoms with E-state index in [1.807, 2.05) is 11.3 Å². The van der Waals surface area contributed by atoms with Crippen molar-refractivity contribution in [2.45, 2.75) is 12.8 Å². The van der Waals surface area contributed by atoms with Crippen LogP contribution in [-0.2, 0) is 0 Å². The summed E-state index contributed by atoms with van der Waals surface area (Å²) in [4.78, 5) is 0. The van der Waals surface area contributed by atoms with Crippen LogP contribution in [0.5, 0.6) is 0 Å². The van der Waals surface area contributed by atoms with E-state index < -0.39 is 0 Å². The van der Waals surface area contributed by atoms with E-state index in [-0.39, 0.29) is 0 Å². The predicted octanol–water partition coefficient (Wildman–Crippen LogP) is 17.0. The monoisotopic (exact) mass is 820 g/mol. The van der Waals surface area contributed by atoms with Crippen LogP contribution < -0.4 is 0 Å². The molecule has 3 heterocycles. The third kappa shape index (κ3) is 5.78. The number of nitrogens with zero attached hydrogens (tertiary/aromatic N) is 2. The highest BCUT2D eigenvalue weighted by molar-refractivity contribution is 7.27. The maximum Gasteiger partial charge on any atom is 0.0555 e. The fraction of sp³-hybridized carbons (Fsp3) is 0.0333. The Bertz CT molecular complexity index is 3770. The van der Waals surface area contributed by atoms with Crippen molar-refractivity contribution in [3.63, 3.8) is 0 Å². The molecular formula is C60H40N2S. The van der Waals surface area contributed by atoms with E-state index in [1.165, 1.54) is 114 Å². The summed E-state index contributed by atoms with van der Waals surface area (Å²) >= 11 is 1.95. The first-order chi connectivity index (χ1) is 31.2. The summed E-state index contributed by atoms with van der Waals surface area (Å²) in [6.07, 6.45) is 9.15. The zero-order chi connectivity index (χ0) is 41.4. The standard InChI is InChI=1S/C60H40N2S/c1-5-17-39(18-6-1)43-33-44(40-19-7-2-8-20-40)36-47(35-43)61-53-27-15-13-25-51(53)57-55(61)31-29-49-50-30-32-56-58(60(50)63-59(49)57)52-26-14-16-28-54(52)62(56)48-37-45(41-21-9-3-10-22-41)34-46(38-48)42-23-11-4-12-24-42/h1-3,5-11,13-38H,4,12H2. The van der Waals surface area contributed by atoms with Gasteiger partial charge >= 0.3 is 0 Å². The number of rotatable bonds is 6. The molecule has 0 amide bonds. The number of hydrogen-bond acceptors (Lipinski definition) is 1. The lowest BCUT2D eigenvalue weighted by Gasteiger charge is -2.15. The second kappa shape index (κ2) is 14.4. The van der Waals surface area contributed by atoms with E-state index in [0.717, 1.165) is 18.5 Å². The second-order valence-electron chi connectivity index (χ2n) is 16.8. The van der Waals surface area contributed by atoms with Gasteiger partial charge in [0.15, 0.2) is 0 Å². The summed E-state index contributed by atoms with van der Waals surface area (Å²) in [7, 11) is 0. The van der Waals surface area contributed by atoms with Crippen LogP contribution in [0.2, 0.25) is 0 Å². The number of benzene rings is 9. The lowest BCUT2D eigenvalue weighted by atomic mass is 9.95. The summed E-state index contributed by atoms with van der Waals surface area (Å²) in [5.41, 5.74) is 17.0. The highest BCUT2D eigenvalue weighted by Crippen LogP contribution is 2.48. The molecule has 12 aromatic rings. The van der Waals surface area contributed by atoms with Gasteiger partial charge in [-0.05, 0) is 118 Å². The first kappa shape index (κ1) is 36.0. The number of para-hydroxylation sites is 2. The fourth-order valence-electron chi connectivity index (χ4n) is 10.2. The number of fused-ring (bicyclic) bond motifs is 11. The van der Waals surface area contributed by atoms with Crippen molar-refractivity contribution in [1.29, 1.82) is 0 Å². The van der Waals surface area contributed by atoms with Crippen molar-refractivity contribution in [3.05, 3.63) is 224 Å². The van der Waals surface area contributed by atoms with Gasteiger partial charge in [0.25, 0.3) is 0 Å². The summed E-state index contributed by atoms with van der Waals surface area (Å²) in [6, 6.07) is 74.0. The third-order valence-corrected chi connectivity index (χ3v) is 14.3. The molecule has 9 aromatic carbocycles. The molecule has 0 bridgehead atoms. The van der Waals surface area contributed by atoms with Crippen LogP contribution in [0, 0.1) is 0 Å². The molecule has 0 radical (unpaired) electrons. The number of aromatic nitrogens is 2. The maximum atomic E-state index is 2.50. The Balaban J connectivity index is 1.07. The van der Waals surface area contributed by atoms with Crippen LogP contribution in [-0.4, -0.2) is 9.13 Å².